The van der Waals surface area contributed by atoms with Crippen molar-refractivity contribution in [3.8, 4) is 0 Å². The largest absolute Gasteiger partial charge is 0.480 e. The predicted molar refractivity (Wildman–Crippen MR) is 71.0 cm³/mol. The third kappa shape index (κ3) is 4.90. The van der Waals surface area contributed by atoms with Crippen molar-refractivity contribution >= 4 is 12.0 Å². The van der Waals surface area contributed by atoms with Crippen LogP contribution in [-0.2, 0) is 24.4 Å². The van der Waals surface area contributed by atoms with Gasteiger partial charge in [0.15, 0.2) is 0 Å². The SMILES string of the molecule is O=C(O)Cn1cc(CNC(=O)NCc2cccnc2)nn1. The Hall–Kier alpha value is -2.97. The van der Waals surface area contributed by atoms with Crippen LogP contribution < -0.4 is 10.6 Å². The van der Waals surface area contributed by atoms with Gasteiger partial charge in [0.25, 0.3) is 0 Å². The highest BCUT2D eigenvalue weighted by molar-refractivity contribution is 5.73. The first kappa shape index (κ1) is 14.4. The third-order valence-electron chi connectivity index (χ3n) is 2.49. The normalized spacial score (nSPS) is 10.1. The lowest BCUT2D eigenvalue weighted by Crippen LogP contribution is -2.34. The molecule has 0 fully saturated rings. The van der Waals surface area contributed by atoms with E-state index in [0.29, 0.717) is 12.2 Å². The minimum atomic E-state index is -1.01. The second kappa shape index (κ2) is 6.98. The molecule has 0 bridgehead atoms. The van der Waals surface area contributed by atoms with Crippen molar-refractivity contribution in [2.24, 2.45) is 0 Å². The van der Waals surface area contributed by atoms with E-state index in [1.165, 1.54) is 10.9 Å². The van der Waals surface area contributed by atoms with Crippen molar-refractivity contribution in [1.29, 1.82) is 0 Å². The molecule has 0 aliphatic carbocycles. The van der Waals surface area contributed by atoms with Crippen molar-refractivity contribution < 1.29 is 14.7 Å². The van der Waals surface area contributed by atoms with Crippen molar-refractivity contribution in [3.05, 3.63) is 42.0 Å². The first-order valence-corrected chi connectivity index (χ1v) is 6.15. The number of hydrogen-bond acceptors (Lipinski definition) is 5. The molecule has 0 saturated carbocycles. The summed E-state index contributed by atoms with van der Waals surface area (Å²) in [5.41, 5.74) is 1.37. The van der Waals surface area contributed by atoms with E-state index < -0.39 is 5.97 Å². The summed E-state index contributed by atoms with van der Waals surface area (Å²) < 4.78 is 1.19. The van der Waals surface area contributed by atoms with Gasteiger partial charge in [-0.2, -0.15) is 0 Å². The van der Waals surface area contributed by atoms with Crippen LogP contribution in [0, 0.1) is 0 Å². The maximum atomic E-state index is 11.6. The smallest absolute Gasteiger partial charge is 0.325 e. The number of carbonyl (C=O) groups excluding carboxylic acids is 1. The van der Waals surface area contributed by atoms with Crippen molar-refractivity contribution in [1.82, 2.24) is 30.6 Å². The van der Waals surface area contributed by atoms with Gasteiger partial charge in [-0.15, -0.1) is 5.10 Å². The molecule has 0 spiro atoms. The standard InChI is InChI=1S/C12H14N6O3/c19-11(20)8-18-7-10(16-17-18)6-15-12(21)14-5-9-2-1-3-13-4-9/h1-4,7H,5-6,8H2,(H,19,20)(H2,14,15,21). The molecule has 0 aliphatic rings. The molecule has 0 radical (unpaired) electrons. The number of nitrogens with zero attached hydrogens (tertiary/aromatic N) is 4. The Morgan fingerprint density at radius 2 is 2.10 bits per heavy atom. The van der Waals surface area contributed by atoms with Gasteiger partial charge < -0.3 is 15.7 Å². The van der Waals surface area contributed by atoms with Crippen molar-refractivity contribution in [3.63, 3.8) is 0 Å². The Morgan fingerprint density at radius 3 is 2.81 bits per heavy atom. The molecule has 0 atom stereocenters. The highest BCUT2D eigenvalue weighted by Gasteiger charge is 2.06. The zero-order chi connectivity index (χ0) is 15.1. The zero-order valence-electron chi connectivity index (χ0n) is 11.1. The van der Waals surface area contributed by atoms with Crippen LogP contribution in [0.5, 0.6) is 0 Å². The quantitative estimate of drug-likeness (QED) is 0.674. The van der Waals surface area contributed by atoms with E-state index in [9.17, 15) is 9.59 Å². The monoisotopic (exact) mass is 290 g/mol. The lowest BCUT2D eigenvalue weighted by atomic mass is 10.3. The lowest BCUT2D eigenvalue weighted by Gasteiger charge is -2.05. The zero-order valence-corrected chi connectivity index (χ0v) is 11.1. The molecule has 2 aromatic rings. The molecule has 2 rings (SSSR count). The van der Waals surface area contributed by atoms with Crippen LogP contribution in [-0.4, -0.2) is 37.1 Å². The average molecular weight is 290 g/mol. The van der Waals surface area contributed by atoms with Gasteiger partial charge in [0.05, 0.1) is 12.7 Å². The van der Waals surface area contributed by atoms with Gasteiger partial charge in [-0.25, -0.2) is 9.48 Å². The third-order valence-corrected chi connectivity index (χ3v) is 2.49. The Bertz CT molecular complexity index is 612. The first-order chi connectivity index (χ1) is 10.1. The average Bonchev–Trinajstić information content (AvgIpc) is 2.91. The van der Waals surface area contributed by atoms with Crippen LogP contribution in [0.4, 0.5) is 4.79 Å². The van der Waals surface area contributed by atoms with E-state index >= 15 is 0 Å². The molecule has 2 amide bonds. The fourth-order valence-electron chi connectivity index (χ4n) is 1.55. The van der Waals surface area contributed by atoms with E-state index in [1.807, 2.05) is 6.07 Å². The number of aromatic nitrogens is 4. The van der Waals surface area contributed by atoms with E-state index in [4.69, 9.17) is 5.11 Å². The van der Waals surface area contributed by atoms with Gasteiger partial charge in [0.2, 0.25) is 0 Å². The van der Waals surface area contributed by atoms with Crippen molar-refractivity contribution in [2.45, 2.75) is 19.6 Å². The maximum absolute atomic E-state index is 11.6. The number of carboxylic acids is 1. The Balaban J connectivity index is 1.73. The van der Waals surface area contributed by atoms with Crippen LogP contribution in [0.25, 0.3) is 0 Å². The summed E-state index contributed by atoms with van der Waals surface area (Å²) in [5.74, 6) is -1.01. The second-order valence-electron chi connectivity index (χ2n) is 4.20. The number of pyridine rings is 1. The minimum Gasteiger partial charge on any atom is -0.480 e. The van der Waals surface area contributed by atoms with Crippen LogP contribution in [0.3, 0.4) is 0 Å². The van der Waals surface area contributed by atoms with Crippen LogP contribution >= 0.6 is 0 Å². The van der Waals surface area contributed by atoms with Gasteiger partial charge in [-0.3, -0.25) is 9.78 Å². The Kier molecular flexibility index (Phi) is 4.80. The molecule has 2 aromatic heterocycles. The minimum absolute atomic E-state index is 0.165. The van der Waals surface area contributed by atoms with E-state index in [2.05, 4.69) is 25.9 Å². The van der Waals surface area contributed by atoms with Gasteiger partial charge in [-0.1, -0.05) is 11.3 Å². The number of aliphatic carboxylic acids is 1. The second-order valence-corrected chi connectivity index (χ2v) is 4.20. The number of urea groups is 1. The molecule has 110 valence electrons. The fourth-order valence-corrected chi connectivity index (χ4v) is 1.55. The fraction of sp³-hybridized carbons (Fsp3) is 0.250. The number of hydrogen-bond donors (Lipinski definition) is 3. The summed E-state index contributed by atoms with van der Waals surface area (Å²) in [4.78, 5) is 26.0. The highest BCUT2D eigenvalue weighted by Crippen LogP contribution is 1.95. The van der Waals surface area contributed by atoms with E-state index in [0.717, 1.165) is 5.56 Å². The van der Waals surface area contributed by atoms with Gasteiger partial charge in [0, 0.05) is 18.9 Å². The number of carboxylic acid groups (broad SMARTS) is 1. The molecule has 9 nitrogen and oxygen atoms in total. The molecule has 3 N–H and O–H groups in total. The Labute approximate surface area is 120 Å². The topological polar surface area (TPSA) is 122 Å². The van der Waals surface area contributed by atoms with Gasteiger partial charge >= 0.3 is 12.0 Å². The summed E-state index contributed by atoms with van der Waals surface area (Å²) in [7, 11) is 0. The summed E-state index contributed by atoms with van der Waals surface area (Å²) in [6.45, 7) is 0.268. The van der Waals surface area contributed by atoms with Crippen LogP contribution in [0.15, 0.2) is 30.7 Å². The molecule has 2 heterocycles. The van der Waals surface area contributed by atoms with Crippen LogP contribution in [0.1, 0.15) is 11.3 Å². The molecule has 0 saturated heterocycles. The number of carbonyl (C=O) groups is 2. The number of rotatable bonds is 6. The van der Waals surface area contributed by atoms with Gasteiger partial charge in [0.1, 0.15) is 12.2 Å². The number of amides is 2. The first-order valence-electron chi connectivity index (χ1n) is 6.15. The Morgan fingerprint density at radius 1 is 1.29 bits per heavy atom. The maximum Gasteiger partial charge on any atom is 0.325 e. The van der Waals surface area contributed by atoms with E-state index in [1.54, 1.807) is 18.5 Å². The summed E-state index contributed by atoms with van der Waals surface area (Å²) in [5, 5.41) is 21.3. The molecule has 9 heteroatoms. The van der Waals surface area contributed by atoms with Crippen LogP contribution in [0.2, 0.25) is 0 Å². The number of nitrogens with one attached hydrogen (secondary N) is 2. The van der Waals surface area contributed by atoms with Gasteiger partial charge in [-0.05, 0) is 11.6 Å². The highest BCUT2D eigenvalue weighted by atomic mass is 16.4. The lowest BCUT2D eigenvalue weighted by molar-refractivity contribution is -0.137. The molecular weight excluding hydrogens is 276 g/mol. The summed E-state index contributed by atoms with van der Waals surface area (Å²) in [6.07, 6.45) is 4.79. The van der Waals surface area contributed by atoms with Crippen molar-refractivity contribution in [2.75, 3.05) is 0 Å². The summed E-state index contributed by atoms with van der Waals surface area (Å²) in [6, 6.07) is 3.28. The molecular formula is C12H14N6O3. The summed E-state index contributed by atoms with van der Waals surface area (Å²) >= 11 is 0. The molecule has 0 unspecified atom stereocenters. The predicted octanol–water partition coefficient (Wildman–Crippen LogP) is -0.243. The van der Waals surface area contributed by atoms with E-state index in [-0.39, 0.29) is 19.1 Å². The molecule has 0 aliphatic heterocycles. The molecule has 21 heavy (non-hydrogen) atoms. The molecule has 0 aromatic carbocycles.